The summed E-state index contributed by atoms with van der Waals surface area (Å²) in [6.45, 7) is 17.0. The average molecular weight is 274 g/mol. The Morgan fingerprint density at radius 1 is 1.00 bits per heavy atom. The maximum Gasteiger partial charge on any atom is -0.0135 e. The van der Waals surface area contributed by atoms with Gasteiger partial charge in [-0.05, 0) is 23.5 Å². The normalized spacial score (nSPS) is 11.3. The van der Waals surface area contributed by atoms with Crippen molar-refractivity contribution in [3.8, 4) is 0 Å². The SMILES string of the molecule is C/C=C(\C=Cc1ccccc1)C(C)(C)C.CC.CCC. The van der Waals surface area contributed by atoms with Gasteiger partial charge in [0.15, 0.2) is 0 Å². The molecule has 20 heavy (non-hydrogen) atoms. The van der Waals surface area contributed by atoms with Crippen molar-refractivity contribution in [1.82, 2.24) is 0 Å². The quantitative estimate of drug-likeness (QED) is 0.503. The Kier molecular flexibility index (Phi) is 13.4. The average Bonchev–Trinajstić information content (AvgIpc) is 2.42. The lowest BCUT2D eigenvalue weighted by atomic mass is 9.86. The molecule has 0 aliphatic carbocycles. The summed E-state index contributed by atoms with van der Waals surface area (Å²) in [5.41, 5.74) is 2.84. The van der Waals surface area contributed by atoms with Gasteiger partial charge >= 0.3 is 0 Å². The number of hydrogen-bond acceptors (Lipinski definition) is 0. The molecular weight excluding hydrogens is 240 g/mol. The van der Waals surface area contributed by atoms with E-state index >= 15 is 0 Å². The topological polar surface area (TPSA) is 0 Å². The fourth-order valence-corrected chi connectivity index (χ4v) is 1.53. The zero-order chi connectivity index (χ0) is 16.0. The Morgan fingerprint density at radius 3 is 1.80 bits per heavy atom. The van der Waals surface area contributed by atoms with Gasteiger partial charge < -0.3 is 0 Å². The fourth-order valence-electron chi connectivity index (χ4n) is 1.53. The first-order chi connectivity index (χ1) is 9.45. The first-order valence-corrected chi connectivity index (χ1v) is 7.85. The zero-order valence-corrected chi connectivity index (χ0v) is 14.8. The van der Waals surface area contributed by atoms with Crippen LogP contribution in [0.25, 0.3) is 6.08 Å². The van der Waals surface area contributed by atoms with Crippen molar-refractivity contribution in [3.63, 3.8) is 0 Å². The molecule has 0 spiro atoms. The third-order valence-corrected chi connectivity index (χ3v) is 2.43. The summed E-state index contributed by atoms with van der Waals surface area (Å²) in [5.74, 6) is 0. The lowest BCUT2D eigenvalue weighted by molar-refractivity contribution is 0.516. The largest absolute Gasteiger partial charge is 0.0839 e. The molecule has 0 amide bonds. The van der Waals surface area contributed by atoms with Gasteiger partial charge in [0.1, 0.15) is 0 Å². The van der Waals surface area contributed by atoms with E-state index in [1.807, 2.05) is 19.9 Å². The summed E-state index contributed by atoms with van der Waals surface area (Å²) in [6, 6.07) is 10.4. The van der Waals surface area contributed by atoms with Crippen LogP contribution in [0.3, 0.4) is 0 Å². The van der Waals surface area contributed by atoms with Crippen LogP contribution in [0, 0.1) is 5.41 Å². The Labute approximate surface area is 127 Å². The Bertz CT molecular complexity index is 361. The van der Waals surface area contributed by atoms with Crippen LogP contribution in [0.1, 0.15) is 67.4 Å². The minimum Gasteiger partial charge on any atom is -0.0839 e. The number of rotatable bonds is 2. The van der Waals surface area contributed by atoms with Crippen molar-refractivity contribution in [2.45, 2.75) is 61.8 Å². The van der Waals surface area contributed by atoms with E-state index in [1.165, 1.54) is 17.6 Å². The molecule has 0 heterocycles. The lowest BCUT2D eigenvalue weighted by Crippen LogP contribution is -2.06. The fraction of sp³-hybridized carbons (Fsp3) is 0.500. The van der Waals surface area contributed by atoms with Crippen LogP contribution in [0.15, 0.2) is 48.1 Å². The molecule has 0 aliphatic heterocycles. The molecule has 0 radical (unpaired) electrons. The van der Waals surface area contributed by atoms with Gasteiger partial charge in [-0.25, -0.2) is 0 Å². The number of allylic oxidation sites excluding steroid dienone is 3. The van der Waals surface area contributed by atoms with Crippen LogP contribution in [0.2, 0.25) is 0 Å². The van der Waals surface area contributed by atoms with E-state index < -0.39 is 0 Å². The van der Waals surface area contributed by atoms with Gasteiger partial charge in [-0.15, -0.1) is 0 Å². The Balaban J connectivity index is 0. The van der Waals surface area contributed by atoms with Crippen LogP contribution in [0.5, 0.6) is 0 Å². The summed E-state index contributed by atoms with van der Waals surface area (Å²) in [7, 11) is 0. The highest BCUT2D eigenvalue weighted by Gasteiger charge is 2.12. The van der Waals surface area contributed by atoms with E-state index in [4.69, 9.17) is 0 Å². The Morgan fingerprint density at radius 2 is 1.45 bits per heavy atom. The number of benzene rings is 1. The van der Waals surface area contributed by atoms with Crippen LogP contribution >= 0.6 is 0 Å². The summed E-state index contributed by atoms with van der Waals surface area (Å²) < 4.78 is 0. The molecule has 0 atom stereocenters. The highest BCUT2D eigenvalue weighted by molar-refractivity contribution is 5.53. The van der Waals surface area contributed by atoms with Gasteiger partial charge in [0.05, 0.1) is 0 Å². The van der Waals surface area contributed by atoms with E-state index in [2.05, 4.69) is 84.0 Å². The van der Waals surface area contributed by atoms with Gasteiger partial charge in [0.25, 0.3) is 0 Å². The van der Waals surface area contributed by atoms with Gasteiger partial charge in [-0.3, -0.25) is 0 Å². The molecule has 114 valence electrons. The molecule has 0 heteroatoms. The van der Waals surface area contributed by atoms with Gasteiger partial charge in [-0.1, -0.05) is 103 Å². The zero-order valence-electron chi connectivity index (χ0n) is 14.8. The second-order valence-electron chi connectivity index (χ2n) is 5.45. The van der Waals surface area contributed by atoms with E-state index in [0.717, 1.165) is 0 Å². The first-order valence-electron chi connectivity index (χ1n) is 7.85. The van der Waals surface area contributed by atoms with Crippen molar-refractivity contribution >= 4 is 6.08 Å². The standard InChI is InChI=1S/C15H20.C3H8.C2H6/c1-5-14(15(2,3)4)12-11-13-9-7-6-8-10-13;1-3-2;1-2/h5-12H,1-4H3;3H2,1-2H3;1-2H3/b12-11?,14-5+;;. The van der Waals surface area contributed by atoms with Gasteiger partial charge in [0, 0.05) is 0 Å². The third kappa shape index (κ3) is 10.6. The van der Waals surface area contributed by atoms with Crippen molar-refractivity contribution in [3.05, 3.63) is 53.6 Å². The molecule has 0 saturated carbocycles. The van der Waals surface area contributed by atoms with Crippen molar-refractivity contribution in [2.75, 3.05) is 0 Å². The minimum atomic E-state index is 0.222. The third-order valence-electron chi connectivity index (χ3n) is 2.43. The maximum atomic E-state index is 2.23. The molecule has 0 nitrogen and oxygen atoms in total. The van der Waals surface area contributed by atoms with Crippen molar-refractivity contribution in [2.24, 2.45) is 5.41 Å². The van der Waals surface area contributed by atoms with Crippen LogP contribution in [0.4, 0.5) is 0 Å². The minimum absolute atomic E-state index is 0.222. The van der Waals surface area contributed by atoms with E-state index in [-0.39, 0.29) is 5.41 Å². The summed E-state index contributed by atoms with van der Waals surface area (Å²) in [6.07, 6.45) is 7.80. The molecule has 0 unspecified atom stereocenters. The highest BCUT2D eigenvalue weighted by atomic mass is 14.2. The predicted molar refractivity (Wildman–Crippen MR) is 96.0 cm³/mol. The molecule has 1 aromatic carbocycles. The second kappa shape index (κ2) is 12.7. The molecular formula is C20H34. The van der Waals surface area contributed by atoms with Crippen LogP contribution in [-0.2, 0) is 0 Å². The van der Waals surface area contributed by atoms with Crippen molar-refractivity contribution in [1.29, 1.82) is 0 Å². The smallest absolute Gasteiger partial charge is 0.0135 e. The van der Waals surface area contributed by atoms with Crippen LogP contribution < -0.4 is 0 Å². The highest BCUT2D eigenvalue weighted by Crippen LogP contribution is 2.26. The van der Waals surface area contributed by atoms with E-state index in [0.29, 0.717) is 0 Å². The predicted octanol–water partition coefficient (Wildman–Crippen LogP) is 7.13. The molecule has 0 aromatic heterocycles. The number of hydrogen-bond donors (Lipinski definition) is 0. The molecule has 0 saturated heterocycles. The molecule has 0 N–H and O–H groups in total. The van der Waals surface area contributed by atoms with Gasteiger partial charge in [0.2, 0.25) is 0 Å². The maximum absolute atomic E-state index is 2.23. The molecule has 1 rings (SSSR count). The summed E-state index contributed by atoms with van der Waals surface area (Å²) in [4.78, 5) is 0. The molecule has 0 aliphatic rings. The summed E-state index contributed by atoms with van der Waals surface area (Å²) in [5, 5.41) is 0. The summed E-state index contributed by atoms with van der Waals surface area (Å²) >= 11 is 0. The molecule has 1 aromatic rings. The first kappa shape index (κ1) is 21.0. The van der Waals surface area contributed by atoms with Crippen LogP contribution in [-0.4, -0.2) is 0 Å². The molecule has 0 fully saturated rings. The second-order valence-corrected chi connectivity index (χ2v) is 5.45. The monoisotopic (exact) mass is 274 g/mol. The lowest BCUT2D eigenvalue weighted by Gasteiger charge is -2.19. The van der Waals surface area contributed by atoms with Crippen molar-refractivity contribution < 1.29 is 0 Å². The Hall–Kier alpha value is -1.30. The van der Waals surface area contributed by atoms with E-state index in [9.17, 15) is 0 Å². The van der Waals surface area contributed by atoms with E-state index in [1.54, 1.807) is 0 Å². The van der Waals surface area contributed by atoms with Gasteiger partial charge in [-0.2, -0.15) is 0 Å². The molecule has 0 bridgehead atoms.